The van der Waals surface area contributed by atoms with Gasteiger partial charge in [-0.3, -0.25) is 4.79 Å². The SMILES string of the molecule is COC(=O)C(=[N+]=[N-])C(=O)C1CCCC1. The molecule has 0 radical (unpaired) electrons. The summed E-state index contributed by atoms with van der Waals surface area (Å²) in [6, 6.07) is 0. The molecule has 1 aliphatic rings. The van der Waals surface area contributed by atoms with E-state index in [1.165, 1.54) is 0 Å². The number of ketones is 1. The Morgan fingerprint density at radius 3 is 2.36 bits per heavy atom. The summed E-state index contributed by atoms with van der Waals surface area (Å²) in [6.45, 7) is 0. The third kappa shape index (κ3) is 2.06. The topological polar surface area (TPSA) is 79.8 Å². The van der Waals surface area contributed by atoms with Crippen molar-refractivity contribution >= 4 is 17.5 Å². The molecule has 5 heteroatoms. The number of esters is 1. The molecule has 0 aromatic rings. The molecule has 76 valence electrons. The second-order valence-corrected chi connectivity index (χ2v) is 3.29. The van der Waals surface area contributed by atoms with Crippen LogP contribution in [0.5, 0.6) is 0 Å². The second kappa shape index (κ2) is 4.67. The summed E-state index contributed by atoms with van der Waals surface area (Å²) in [6.07, 6.45) is 3.48. The van der Waals surface area contributed by atoms with Crippen LogP contribution in [-0.4, -0.2) is 29.4 Å². The number of hydrogen-bond donors (Lipinski definition) is 0. The molecule has 0 aromatic carbocycles. The van der Waals surface area contributed by atoms with Crippen LogP contribution >= 0.6 is 0 Å². The number of Topliss-reactive ketones (excluding diaryl/α,β-unsaturated/α-hetero) is 1. The Morgan fingerprint density at radius 1 is 1.36 bits per heavy atom. The van der Waals surface area contributed by atoms with Gasteiger partial charge in [-0.15, -0.1) is 0 Å². The lowest BCUT2D eigenvalue weighted by atomic mass is 9.99. The summed E-state index contributed by atoms with van der Waals surface area (Å²) < 4.78 is 4.33. The van der Waals surface area contributed by atoms with Crippen molar-refractivity contribution in [1.29, 1.82) is 0 Å². The molecule has 0 aromatic heterocycles. The molecular formula is C9H12N2O3. The summed E-state index contributed by atoms with van der Waals surface area (Å²) in [4.78, 5) is 25.3. The Labute approximate surface area is 81.7 Å². The van der Waals surface area contributed by atoms with E-state index in [0.29, 0.717) is 0 Å². The van der Waals surface area contributed by atoms with E-state index >= 15 is 0 Å². The van der Waals surface area contributed by atoms with Crippen LogP contribution in [0.3, 0.4) is 0 Å². The third-order valence-electron chi connectivity index (χ3n) is 2.44. The highest BCUT2D eigenvalue weighted by Crippen LogP contribution is 2.25. The van der Waals surface area contributed by atoms with E-state index in [0.717, 1.165) is 32.8 Å². The van der Waals surface area contributed by atoms with Gasteiger partial charge in [-0.25, -0.2) is 4.79 Å². The van der Waals surface area contributed by atoms with Crippen LogP contribution < -0.4 is 0 Å². The molecule has 0 aliphatic heterocycles. The predicted octanol–water partition coefficient (Wildman–Crippen LogP) is 0.589. The molecule has 0 saturated heterocycles. The Kier molecular flexibility index (Phi) is 3.54. The normalized spacial score (nSPS) is 16.1. The first-order chi connectivity index (χ1) is 6.70. The number of ether oxygens (including phenoxy) is 1. The van der Waals surface area contributed by atoms with E-state index in [4.69, 9.17) is 5.53 Å². The highest BCUT2D eigenvalue weighted by molar-refractivity contribution is 6.62. The van der Waals surface area contributed by atoms with Crippen molar-refractivity contribution < 1.29 is 19.1 Å². The molecule has 0 unspecified atom stereocenters. The van der Waals surface area contributed by atoms with E-state index in [9.17, 15) is 9.59 Å². The van der Waals surface area contributed by atoms with E-state index in [2.05, 4.69) is 9.53 Å². The molecule has 0 amide bonds. The van der Waals surface area contributed by atoms with Gasteiger partial charge in [-0.05, 0) is 12.8 Å². The lowest BCUT2D eigenvalue weighted by molar-refractivity contribution is -0.140. The van der Waals surface area contributed by atoms with Gasteiger partial charge in [-0.1, -0.05) is 12.8 Å². The molecule has 1 fully saturated rings. The van der Waals surface area contributed by atoms with Crippen LogP contribution in [0.15, 0.2) is 0 Å². The first-order valence-corrected chi connectivity index (χ1v) is 4.55. The first kappa shape index (κ1) is 10.6. The van der Waals surface area contributed by atoms with Crippen molar-refractivity contribution in [1.82, 2.24) is 0 Å². The fraction of sp³-hybridized carbons (Fsp3) is 0.667. The Hall–Kier alpha value is -1.48. The summed E-state index contributed by atoms with van der Waals surface area (Å²) in [5.41, 5.74) is 8.04. The van der Waals surface area contributed by atoms with Gasteiger partial charge >= 0.3 is 11.7 Å². The zero-order valence-corrected chi connectivity index (χ0v) is 8.02. The second-order valence-electron chi connectivity index (χ2n) is 3.29. The molecule has 5 nitrogen and oxygen atoms in total. The smallest absolute Gasteiger partial charge is 0.441 e. The standard InChI is InChI=1S/C9H12N2O3/c1-14-9(13)7(11-10)8(12)6-4-2-3-5-6/h6H,2-5H2,1H3. The maximum absolute atomic E-state index is 11.6. The van der Waals surface area contributed by atoms with Crippen LogP contribution in [0.1, 0.15) is 25.7 Å². The molecule has 0 spiro atoms. The minimum absolute atomic E-state index is 0.181. The van der Waals surface area contributed by atoms with E-state index in [1.807, 2.05) is 0 Å². The Morgan fingerprint density at radius 2 is 1.93 bits per heavy atom. The maximum Gasteiger partial charge on any atom is 0.441 e. The van der Waals surface area contributed by atoms with Gasteiger partial charge in [0.15, 0.2) is 0 Å². The van der Waals surface area contributed by atoms with E-state index in [-0.39, 0.29) is 5.92 Å². The minimum atomic E-state index is -0.871. The fourth-order valence-corrected chi connectivity index (χ4v) is 1.67. The average molecular weight is 196 g/mol. The van der Waals surface area contributed by atoms with Gasteiger partial charge in [0.1, 0.15) is 0 Å². The molecule has 0 heterocycles. The first-order valence-electron chi connectivity index (χ1n) is 4.55. The van der Waals surface area contributed by atoms with Crippen molar-refractivity contribution in [3.05, 3.63) is 5.53 Å². The molecule has 0 N–H and O–H groups in total. The zero-order chi connectivity index (χ0) is 10.6. The highest BCUT2D eigenvalue weighted by atomic mass is 16.5. The van der Waals surface area contributed by atoms with E-state index < -0.39 is 17.5 Å². The number of hydrogen-bond acceptors (Lipinski definition) is 3. The van der Waals surface area contributed by atoms with Gasteiger partial charge in [-0.2, -0.15) is 4.79 Å². The molecule has 0 bridgehead atoms. The number of carbonyl (C=O) groups is 2. The van der Waals surface area contributed by atoms with Gasteiger partial charge < -0.3 is 10.3 Å². The summed E-state index contributed by atoms with van der Waals surface area (Å²) in [7, 11) is 1.15. The molecule has 1 aliphatic carbocycles. The van der Waals surface area contributed by atoms with Crippen molar-refractivity contribution in [2.24, 2.45) is 5.92 Å². The zero-order valence-electron chi connectivity index (χ0n) is 8.02. The van der Waals surface area contributed by atoms with Crippen LogP contribution in [0.25, 0.3) is 5.53 Å². The number of rotatable bonds is 3. The van der Waals surface area contributed by atoms with Crippen molar-refractivity contribution in [2.45, 2.75) is 25.7 Å². The third-order valence-corrected chi connectivity index (χ3v) is 2.44. The number of methoxy groups -OCH3 is 1. The van der Waals surface area contributed by atoms with Gasteiger partial charge in [0.25, 0.3) is 5.78 Å². The molecule has 14 heavy (non-hydrogen) atoms. The highest BCUT2D eigenvalue weighted by Gasteiger charge is 2.37. The summed E-state index contributed by atoms with van der Waals surface area (Å²) >= 11 is 0. The Balaban J connectivity index is 2.75. The summed E-state index contributed by atoms with van der Waals surface area (Å²) in [5, 5.41) is 0. The van der Waals surface area contributed by atoms with Gasteiger partial charge in [0.05, 0.1) is 7.11 Å². The van der Waals surface area contributed by atoms with Crippen LogP contribution in [0.4, 0.5) is 0 Å². The number of carbonyl (C=O) groups excluding carboxylic acids is 2. The lowest BCUT2D eigenvalue weighted by Gasteiger charge is -2.01. The van der Waals surface area contributed by atoms with Crippen molar-refractivity contribution in [3.8, 4) is 0 Å². The van der Waals surface area contributed by atoms with Crippen LogP contribution in [0.2, 0.25) is 0 Å². The molecule has 0 atom stereocenters. The predicted molar refractivity (Wildman–Crippen MR) is 47.6 cm³/mol. The average Bonchev–Trinajstić information content (AvgIpc) is 2.71. The van der Waals surface area contributed by atoms with E-state index in [1.54, 1.807) is 0 Å². The monoisotopic (exact) mass is 196 g/mol. The van der Waals surface area contributed by atoms with Crippen LogP contribution in [-0.2, 0) is 14.3 Å². The molecular weight excluding hydrogens is 184 g/mol. The molecule has 1 rings (SSSR count). The minimum Gasteiger partial charge on any atom is -0.460 e. The van der Waals surface area contributed by atoms with Crippen LogP contribution in [0, 0.1) is 5.92 Å². The number of nitrogens with zero attached hydrogens (tertiary/aromatic N) is 2. The van der Waals surface area contributed by atoms with Gasteiger partial charge in [0.2, 0.25) is 0 Å². The van der Waals surface area contributed by atoms with Gasteiger partial charge in [0, 0.05) is 5.92 Å². The largest absolute Gasteiger partial charge is 0.460 e. The fourth-order valence-electron chi connectivity index (χ4n) is 1.67. The molecule has 1 saturated carbocycles. The summed E-state index contributed by atoms with van der Waals surface area (Å²) in [5.74, 6) is -1.46. The Bertz CT molecular complexity index is 299. The maximum atomic E-state index is 11.6. The lowest BCUT2D eigenvalue weighted by Crippen LogP contribution is -2.31. The van der Waals surface area contributed by atoms with Crippen molar-refractivity contribution in [3.63, 3.8) is 0 Å². The van der Waals surface area contributed by atoms with Crippen molar-refractivity contribution in [2.75, 3.05) is 7.11 Å². The quantitative estimate of drug-likeness (QED) is 0.218.